The van der Waals surface area contributed by atoms with Crippen molar-refractivity contribution in [1.82, 2.24) is 4.98 Å². The smallest absolute Gasteiger partial charge is 0.274 e. The van der Waals surface area contributed by atoms with E-state index in [0.29, 0.717) is 16.9 Å². The third-order valence-electron chi connectivity index (χ3n) is 2.96. The van der Waals surface area contributed by atoms with Gasteiger partial charge in [0.1, 0.15) is 16.4 Å². The lowest BCUT2D eigenvalue weighted by molar-refractivity contribution is 0.102. The van der Waals surface area contributed by atoms with Crippen molar-refractivity contribution in [2.24, 2.45) is 5.73 Å². The number of anilines is 1. The number of pyridine rings is 1. The Hall–Kier alpha value is -2.47. The summed E-state index contributed by atoms with van der Waals surface area (Å²) in [5.41, 5.74) is 8.03. The highest BCUT2D eigenvalue weighted by Gasteiger charge is 2.10. The Bertz CT molecular complexity index is 684. The molecule has 0 aliphatic rings. The molecule has 1 amide bonds. The molecular formula is C15H15N3O2S. The van der Waals surface area contributed by atoms with Gasteiger partial charge in [0.25, 0.3) is 5.91 Å². The van der Waals surface area contributed by atoms with Crippen LogP contribution in [0.2, 0.25) is 0 Å². The number of hydrogen-bond acceptors (Lipinski definition) is 4. The third kappa shape index (κ3) is 3.55. The van der Waals surface area contributed by atoms with Gasteiger partial charge in [-0.25, -0.2) is 0 Å². The quantitative estimate of drug-likeness (QED) is 0.847. The number of carbonyl (C=O) groups is 1. The van der Waals surface area contributed by atoms with Gasteiger partial charge in [0.2, 0.25) is 0 Å². The standard InChI is InChI=1S/C15H15N3O2S/c1-9-7-11(20-2)4-6-12(9)18-15(19)13-5-3-10(8-17-13)14(16)21/h3-8H,1-2H3,(H2,16,21)(H,18,19). The first-order chi connectivity index (χ1) is 10.0. The number of ether oxygens (including phenoxy) is 1. The summed E-state index contributed by atoms with van der Waals surface area (Å²) < 4.78 is 5.13. The van der Waals surface area contributed by atoms with Crippen LogP contribution in [-0.2, 0) is 0 Å². The van der Waals surface area contributed by atoms with Gasteiger partial charge in [-0.2, -0.15) is 0 Å². The maximum atomic E-state index is 12.1. The van der Waals surface area contributed by atoms with E-state index in [4.69, 9.17) is 22.7 Å². The molecule has 1 heterocycles. The van der Waals surface area contributed by atoms with E-state index in [1.807, 2.05) is 13.0 Å². The number of nitrogens with one attached hydrogen (secondary N) is 1. The van der Waals surface area contributed by atoms with Crippen LogP contribution in [0, 0.1) is 6.92 Å². The van der Waals surface area contributed by atoms with Crippen molar-refractivity contribution in [2.75, 3.05) is 12.4 Å². The molecule has 0 aliphatic heterocycles. The lowest BCUT2D eigenvalue weighted by atomic mass is 10.2. The SMILES string of the molecule is COc1ccc(NC(=O)c2ccc(C(N)=S)cn2)c(C)c1. The molecule has 0 fully saturated rings. The van der Waals surface area contributed by atoms with Crippen LogP contribution in [0.3, 0.4) is 0 Å². The van der Waals surface area contributed by atoms with E-state index >= 15 is 0 Å². The van der Waals surface area contributed by atoms with E-state index in [1.54, 1.807) is 31.4 Å². The number of amides is 1. The Balaban J connectivity index is 2.16. The number of thiocarbonyl (C=S) groups is 1. The fraction of sp³-hybridized carbons (Fsp3) is 0.133. The predicted molar refractivity (Wildman–Crippen MR) is 85.8 cm³/mol. The monoisotopic (exact) mass is 301 g/mol. The molecule has 0 radical (unpaired) electrons. The van der Waals surface area contributed by atoms with Gasteiger partial charge in [0, 0.05) is 17.4 Å². The van der Waals surface area contributed by atoms with Crippen molar-refractivity contribution in [1.29, 1.82) is 0 Å². The molecule has 21 heavy (non-hydrogen) atoms. The van der Waals surface area contributed by atoms with Crippen LogP contribution in [0.15, 0.2) is 36.5 Å². The topological polar surface area (TPSA) is 77.2 Å². The van der Waals surface area contributed by atoms with E-state index in [-0.39, 0.29) is 10.9 Å². The van der Waals surface area contributed by atoms with Gasteiger partial charge in [-0.15, -0.1) is 0 Å². The Morgan fingerprint density at radius 1 is 1.33 bits per heavy atom. The number of benzene rings is 1. The molecule has 1 aromatic heterocycles. The van der Waals surface area contributed by atoms with E-state index < -0.39 is 0 Å². The molecule has 0 atom stereocenters. The number of carbonyl (C=O) groups excluding carboxylic acids is 1. The van der Waals surface area contributed by atoms with Crippen molar-refractivity contribution in [3.05, 3.63) is 53.3 Å². The zero-order valence-electron chi connectivity index (χ0n) is 11.7. The normalized spacial score (nSPS) is 10.0. The average molecular weight is 301 g/mol. The van der Waals surface area contributed by atoms with Gasteiger partial charge in [-0.05, 0) is 42.8 Å². The minimum atomic E-state index is -0.294. The van der Waals surface area contributed by atoms with Crippen molar-refractivity contribution in [2.45, 2.75) is 6.92 Å². The molecule has 6 heteroatoms. The number of aromatic nitrogens is 1. The van der Waals surface area contributed by atoms with Gasteiger partial charge in [-0.1, -0.05) is 12.2 Å². The number of nitrogens with zero attached hydrogens (tertiary/aromatic N) is 1. The molecule has 0 unspecified atom stereocenters. The molecule has 2 rings (SSSR count). The van der Waals surface area contributed by atoms with Crippen LogP contribution >= 0.6 is 12.2 Å². The molecule has 0 saturated carbocycles. The average Bonchev–Trinajstić information content (AvgIpc) is 2.49. The van der Waals surface area contributed by atoms with Gasteiger partial charge in [0.15, 0.2) is 0 Å². The highest BCUT2D eigenvalue weighted by molar-refractivity contribution is 7.80. The highest BCUT2D eigenvalue weighted by Crippen LogP contribution is 2.21. The first-order valence-electron chi connectivity index (χ1n) is 6.23. The summed E-state index contributed by atoms with van der Waals surface area (Å²) in [6.07, 6.45) is 1.48. The summed E-state index contributed by atoms with van der Waals surface area (Å²) in [4.78, 5) is 16.4. The van der Waals surface area contributed by atoms with Gasteiger partial charge in [-0.3, -0.25) is 9.78 Å². The zero-order valence-corrected chi connectivity index (χ0v) is 12.5. The van der Waals surface area contributed by atoms with Crippen molar-refractivity contribution < 1.29 is 9.53 Å². The van der Waals surface area contributed by atoms with E-state index in [0.717, 1.165) is 11.3 Å². The van der Waals surface area contributed by atoms with Crippen LogP contribution in [0.5, 0.6) is 5.75 Å². The molecule has 0 aliphatic carbocycles. The van der Waals surface area contributed by atoms with Crippen LogP contribution in [0.25, 0.3) is 0 Å². The summed E-state index contributed by atoms with van der Waals surface area (Å²) in [5.74, 6) is 0.446. The molecule has 2 aromatic rings. The molecule has 5 nitrogen and oxygen atoms in total. The van der Waals surface area contributed by atoms with E-state index in [1.165, 1.54) is 6.20 Å². The lowest BCUT2D eigenvalue weighted by Gasteiger charge is -2.09. The predicted octanol–water partition coefficient (Wildman–Crippen LogP) is 2.29. The summed E-state index contributed by atoms with van der Waals surface area (Å²) in [6, 6.07) is 8.67. The molecule has 3 N–H and O–H groups in total. The summed E-state index contributed by atoms with van der Waals surface area (Å²) in [7, 11) is 1.60. The second kappa shape index (κ2) is 6.32. The third-order valence-corrected chi connectivity index (χ3v) is 3.20. The minimum absolute atomic E-state index is 0.250. The van der Waals surface area contributed by atoms with Crippen LogP contribution in [-0.4, -0.2) is 23.0 Å². The maximum Gasteiger partial charge on any atom is 0.274 e. The number of nitrogens with two attached hydrogens (primary N) is 1. The van der Waals surface area contributed by atoms with Crippen LogP contribution in [0.1, 0.15) is 21.6 Å². The van der Waals surface area contributed by atoms with Gasteiger partial charge < -0.3 is 15.8 Å². The molecule has 0 saturated heterocycles. The second-order valence-corrected chi connectivity index (χ2v) is 4.87. The first-order valence-corrected chi connectivity index (χ1v) is 6.64. The van der Waals surface area contributed by atoms with Crippen LogP contribution in [0.4, 0.5) is 5.69 Å². The van der Waals surface area contributed by atoms with E-state index in [9.17, 15) is 4.79 Å². The number of rotatable bonds is 4. The Morgan fingerprint density at radius 3 is 2.62 bits per heavy atom. The van der Waals surface area contributed by atoms with Crippen molar-refractivity contribution >= 4 is 28.8 Å². The number of aryl methyl sites for hydroxylation is 1. The lowest BCUT2D eigenvalue weighted by Crippen LogP contribution is -2.16. The highest BCUT2D eigenvalue weighted by atomic mass is 32.1. The van der Waals surface area contributed by atoms with Crippen molar-refractivity contribution in [3.8, 4) is 5.75 Å². The Kier molecular flexibility index (Phi) is 4.49. The Morgan fingerprint density at radius 2 is 2.10 bits per heavy atom. The van der Waals surface area contributed by atoms with Crippen LogP contribution < -0.4 is 15.8 Å². The number of methoxy groups -OCH3 is 1. The number of hydrogen-bond donors (Lipinski definition) is 2. The van der Waals surface area contributed by atoms with E-state index in [2.05, 4.69) is 10.3 Å². The summed E-state index contributed by atoms with van der Waals surface area (Å²) in [5, 5.41) is 2.81. The van der Waals surface area contributed by atoms with Gasteiger partial charge in [0.05, 0.1) is 7.11 Å². The summed E-state index contributed by atoms with van der Waals surface area (Å²) >= 11 is 4.84. The molecule has 1 aromatic carbocycles. The van der Waals surface area contributed by atoms with Crippen molar-refractivity contribution in [3.63, 3.8) is 0 Å². The zero-order chi connectivity index (χ0) is 15.4. The Labute approximate surface area is 128 Å². The largest absolute Gasteiger partial charge is 0.497 e. The van der Waals surface area contributed by atoms with Gasteiger partial charge >= 0.3 is 0 Å². The summed E-state index contributed by atoms with van der Waals surface area (Å²) in [6.45, 7) is 1.89. The first kappa shape index (κ1) is 14.9. The second-order valence-electron chi connectivity index (χ2n) is 4.43. The fourth-order valence-corrected chi connectivity index (χ4v) is 1.88. The molecule has 0 bridgehead atoms. The molecule has 108 valence electrons. The maximum absolute atomic E-state index is 12.1. The fourth-order valence-electron chi connectivity index (χ4n) is 1.76. The molecule has 0 spiro atoms. The molecular weight excluding hydrogens is 286 g/mol. The minimum Gasteiger partial charge on any atom is -0.497 e.